The van der Waals surface area contributed by atoms with Crippen LogP contribution >= 0.6 is 0 Å². The van der Waals surface area contributed by atoms with Gasteiger partial charge in [0.05, 0.1) is 0 Å². The zero-order valence-corrected chi connectivity index (χ0v) is 11.6. The third-order valence-electron chi connectivity index (χ3n) is 2.47. The van der Waals surface area contributed by atoms with Crippen LogP contribution in [0, 0.1) is 0 Å². The van der Waals surface area contributed by atoms with Gasteiger partial charge in [-0.15, -0.1) is 6.58 Å². The smallest absolute Gasteiger partial charge is 0.325 e. The van der Waals surface area contributed by atoms with Crippen molar-refractivity contribution in [3.05, 3.63) is 43.0 Å². The monoisotopic (exact) mass is 277 g/mol. The van der Waals surface area contributed by atoms with Crippen LogP contribution in [0.3, 0.4) is 0 Å². The molecule has 0 fully saturated rings. The number of ether oxygens (including phenoxy) is 2. The number of benzene rings is 1. The maximum absolute atomic E-state index is 11.5. The van der Waals surface area contributed by atoms with E-state index in [1.165, 1.54) is 11.8 Å². The minimum atomic E-state index is -0.460. The average Bonchev–Trinajstić information content (AvgIpc) is 2.44. The third kappa shape index (κ3) is 6.04. The Hall–Kier alpha value is -2.30. The van der Waals surface area contributed by atoms with Crippen LogP contribution in [-0.2, 0) is 14.3 Å². The molecule has 20 heavy (non-hydrogen) atoms. The molecule has 5 nitrogen and oxygen atoms in total. The summed E-state index contributed by atoms with van der Waals surface area (Å²) in [7, 11) is 0. The summed E-state index contributed by atoms with van der Waals surface area (Å²) in [6.45, 7) is 5.60. The van der Waals surface area contributed by atoms with Gasteiger partial charge in [0.25, 0.3) is 0 Å². The van der Waals surface area contributed by atoms with Gasteiger partial charge < -0.3 is 14.4 Å². The molecule has 1 aromatic rings. The van der Waals surface area contributed by atoms with E-state index in [0.29, 0.717) is 6.54 Å². The highest BCUT2D eigenvalue weighted by Crippen LogP contribution is 2.07. The van der Waals surface area contributed by atoms with Crippen molar-refractivity contribution in [2.45, 2.75) is 6.92 Å². The van der Waals surface area contributed by atoms with Crippen molar-refractivity contribution in [3.63, 3.8) is 0 Å². The van der Waals surface area contributed by atoms with Crippen molar-refractivity contribution in [2.75, 3.05) is 26.3 Å². The molecule has 1 rings (SSSR count). The molecule has 0 spiro atoms. The molecule has 0 radical (unpaired) electrons. The second-order valence-electron chi connectivity index (χ2n) is 4.07. The molecule has 0 saturated carbocycles. The zero-order chi connectivity index (χ0) is 14.8. The Morgan fingerprint density at radius 1 is 1.25 bits per heavy atom. The topological polar surface area (TPSA) is 55.8 Å². The molecule has 0 N–H and O–H groups in total. The molecule has 0 aliphatic heterocycles. The number of hydrogen-bond donors (Lipinski definition) is 0. The number of rotatable bonds is 8. The maximum atomic E-state index is 11.5. The normalized spacial score (nSPS) is 9.65. The molecule has 0 saturated heterocycles. The van der Waals surface area contributed by atoms with E-state index in [9.17, 15) is 9.59 Å². The summed E-state index contributed by atoms with van der Waals surface area (Å²) in [4.78, 5) is 24.1. The Kier molecular flexibility index (Phi) is 6.89. The molecule has 0 heterocycles. The van der Waals surface area contributed by atoms with E-state index in [-0.39, 0.29) is 25.7 Å². The second-order valence-corrected chi connectivity index (χ2v) is 4.07. The molecule has 1 amide bonds. The number of carbonyl (C=O) groups is 2. The van der Waals surface area contributed by atoms with Gasteiger partial charge in [0, 0.05) is 13.5 Å². The predicted octanol–water partition coefficient (Wildman–Crippen LogP) is 1.64. The number of para-hydroxylation sites is 1. The predicted molar refractivity (Wildman–Crippen MR) is 75.3 cm³/mol. The zero-order valence-electron chi connectivity index (χ0n) is 11.6. The van der Waals surface area contributed by atoms with E-state index in [1.807, 2.05) is 30.3 Å². The molecule has 108 valence electrons. The Morgan fingerprint density at radius 2 is 1.95 bits per heavy atom. The molecule has 0 aliphatic rings. The van der Waals surface area contributed by atoms with Gasteiger partial charge >= 0.3 is 5.97 Å². The fourth-order valence-corrected chi connectivity index (χ4v) is 1.49. The Labute approximate surface area is 118 Å². The lowest BCUT2D eigenvalue weighted by atomic mass is 10.3. The van der Waals surface area contributed by atoms with Gasteiger partial charge in [-0.3, -0.25) is 9.59 Å². The van der Waals surface area contributed by atoms with Gasteiger partial charge in [-0.1, -0.05) is 24.3 Å². The van der Waals surface area contributed by atoms with Crippen molar-refractivity contribution in [1.29, 1.82) is 0 Å². The average molecular weight is 277 g/mol. The quantitative estimate of drug-likeness (QED) is 0.412. The Balaban J connectivity index is 2.22. The minimum absolute atomic E-state index is 0.0767. The summed E-state index contributed by atoms with van der Waals surface area (Å²) in [5.41, 5.74) is 0. The van der Waals surface area contributed by atoms with Crippen molar-refractivity contribution in [2.24, 2.45) is 0 Å². The van der Waals surface area contributed by atoms with Crippen molar-refractivity contribution in [3.8, 4) is 5.75 Å². The number of nitrogens with zero attached hydrogens (tertiary/aromatic N) is 1. The highest BCUT2D eigenvalue weighted by molar-refractivity contribution is 5.80. The summed E-state index contributed by atoms with van der Waals surface area (Å²) >= 11 is 0. The fraction of sp³-hybridized carbons (Fsp3) is 0.333. The van der Waals surface area contributed by atoms with Crippen molar-refractivity contribution in [1.82, 2.24) is 4.90 Å². The van der Waals surface area contributed by atoms with E-state index in [1.54, 1.807) is 6.08 Å². The number of esters is 1. The summed E-state index contributed by atoms with van der Waals surface area (Å²) in [6.07, 6.45) is 1.56. The summed E-state index contributed by atoms with van der Waals surface area (Å²) < 4.78 is 10.4. The van der Waals surface area contributed by atoms with E-state index < -0.39 is 5.97 Å². The SMILES string of the molecule is C=CCN(CC(=O)OCCOc1ccccc1)C(C)=O. The second kappa shape index (κ2) is 8.74. The summed E-state index contributed by atoms with van der Waals surface area (Å²) in [5.74, 6) is 0.0710. The number of amides is 1. The Morgan fingerprint density at radius 3 is 2.55 bits per heavy atom. The summed E-state index contributed by atoms with van der Waals surface area (Å²) in [5, 5.41) is 0. The number of hydrogen-bond acceptors (Lipinski definition) is 4. The fourth-order valence-electron chi connectivity index (χ4n) is 1.49. The van der Waals surface area contributed by atoms with Crippen LogP contribution in [0.2, 0.25) is 0 Å². The Bertz CT molecular complexity index is 444. The van der Waals surface area contributed by atoms with Gasteiger partial charge in [-0.25, -0.2) is 0 Å². The highest BCUT2D eigenvalue weighted by atomic mass is 16.6. The van der Waals surface area contributed by atoms with Crippen LogP contribution in [0.1, 0.15) is 6.92 Å². The lowest BCUT2D eigenvalue weighted by Crippen LogP contribution is -2.35. The molecular weight excluding hydrogens is 258 g/mol. The first-order chi connectivity index (χ1) is 9.63. The standard InChI is InChI=1S/C15H19NO4/c1-3-9-16(13(2)17)12-15(18)20-11-10-19-14-7-5-4-6-8-14/h3-8H,1,9-12H2,2H3. The van der Waals surface area contributed by atoms with Crippen LogP contribution in [-0.4, -0.2) is 43.1 Å². The van der Waals surface area contributed by atoms with Gasteiger partial charge in [0.1, 0.15) is 25.5 Å². The van der Waals surface area contributed by atoms with Crippen LogP contribution in [0.25, 0.3) is 0 Å². The molecule has 1 aromatic carbocycles. The first-order valence-corrected chi connectivity index (χ1v) is 6.33. The van der Waals surface area contributed by atoms with Crippen LogP contribution in [0.15, 0.2) is 43.0 Å². The highest BCUT2D eigenvalue weighted by Gasteiger charge is 2.12. The minimum Gasteiger partial charge on any atom is -0.490 e. The first kappa shape index (κ1) is 15.8. The number of carbonyl (C=O) groups excluding carboxylic acids is 2. The van der Waals surface area contributed by atoms with Crippen molar-refractivity contribution < 1.29 is 19.1 Å². The maximum Gasteiger partial charge on any atom is 0.325 e. The van der Waals surface area contributed by atoms with Gasteiger partial charge in [0.15, 0.2) is 0 Å². The van der Waals surface area contributed by atoms with Crippen LogP contribution in [0.4, 0.5) is 0 Å². The lowest BCUT2D eigenvalue weighted by molar-refractivity contribution is -0.149. The summed E-state index contributed by atoms with van der Waals surface area (Å²) in [6, 6.07) is 9.26. The van der Waals surface area contributed by atoms with Gasteiger partial charge in [0.2, 0.25) is 5.91 Å². The molecule has 0 atom stereocenters. The van der Waals surface area contributed by atoms with Crippen LogP contribution in [0.5, 0.6) is 5.75 Å². The van der Waals surface area contributed by atoms with Crippen molar-refractivity contribution >= 4 is 11.9 Å². The van der Waals surface area contributed by atoms with E-state index in [2.05, 4.69) is 6.58 Å². The van der Waals surface area contributed by atoms with E-state index >= 15 is 0 Å². The van der Waals surface area contributed by atoms with E-state index in [0.717, 1.165) is 5.75 Å². The molecule has 0 bridgehead atoms. The van der Waals surface area contributed by atoms with Crippen LogP contribution < -0.4 is 4.74 Å². The van der Waals surface area contributed by atoms with E-state index in [4.69, 9.17) is 9.47 Å². The van der Waals surface area contributed by atoms with Gasteiger partial charge in [-0.05, 0) is 12.1 Å². The molecule has 0 unspecified atom stereocenters. The lowest BCUT2D eigenvalue weighted by Gasteiger charge is -2.17. The molecule has 0 aliphatic carbocycles. The largest absolute Gasteiger partial charge is 0.490 e. The third-order valence-corrected chi connectivity index (χ3v) is 2.47. The molecule has 0 aromatic heterocycles. The molecular formula is C15H19NO4. The molecule has 5 heteroatoms. The first-order valence-electron chi connectivity index (χ1n) is 6.33. The van der Waals surface area contributed by atoms with Gasteiger partial charge in [-0.2, -0.15) is 0 Å².